The van der Waals surface area contributed by atoms with Gasteiger partial charge in [-0.05, 0) is 0 Å². The van der Waals surface area contributed by atoms with Gasteiger partial charge in [-0.2, -0.15) is 0 Å². The van der Waals surface area contributed by atoms with Crippen molar-refractivity contribution in [2.24, 2.45) is 5.73 Å². The molecule has 0 radical (unpaired) electrons. The number of aliphatic hydroxyl groups is 1. The summed E-state index contributed by atoms with van der Waals surface area (Å²) in [6.45, 7) is -0.318. The van der Waals surface area contributed by atoms with Crippen LogP contribution in [0.2, 0.25) is 10.5 Å². The molecule has 14 heavy (non-hydrogen) atoms. The van der Waals surface area contributed by atoms with E-state index in [4.69, 9.17) is 7.90 Å². The second kappa shape index (κ2) is 8.06. The van der Waals surface area contributed by atoms with Gasteiger partial charge in [0.05, 0.1) is 0 Å². The number of carbonyl (C=O) groups is 1. The molecule has 80 valence electrons. The van der Waals surface area contributed by atoms with Gasteiger partial charge in [0, 0.05) is 0 Å². The third-order valence-electron chi connectivity index (χ3n) is 1.09. The molecule has 0 atom stereocenters. The van der Waals surface area contributed by atoms with Gasteiger partial charge >= 0.3 is 89.8 Å². The van der Waals surface area contributed by atoms with Crippen LogP contribution in [0, 0.1) is 0 Å². The summed E-state index contributed by atoms with van der Waals surface area (Å²) >= 11 is -6.03. The number of rotatable bonds is 7. The van der Waals surface area contributed by atoms with Gasteiger partial charge in [-0.3, -0.25) is 0 Å². The Morgan fingerprint density at radius 2 is 1.86 bits per heavy atom. The van der Waals surface area contributed by atoms with E-state index in [1.54, 1.807) is 0 Å². The Morgan fingerprint density at radius 1 is 1.29 bits per heavy atom. The van der Waals surface area contributed by atoms with E-state index in [9.17, 15) is 12.4 Å². The quantitative estimate of drug-likeness (QED) is 0.575. The molecule has 0 bridgehead atoms. The molecule has 0 aliphatic rings. The van der Waals surface area contributed by atoms with Crippen LogP contribution in [-0.2, 0) is 15.1 Å². The summed E-state index contributed by atoms with van der Waals surface area (Å²) in [6, 6.07) is 0. The number of hydrogen-bond acceptors (Lipinski definition) is 6. The number of carbonyl (C=O) groups excluding carboxylic acids is 1. The fourth-order valence-corrected chi connectivity index (χ4v) is 7.46. The van der Waals surface area contributed by atoms with Crippen LogP contribution in [0.5, 0.6) is 0 Å². The molecule has 0 aliphatic heterocycles. The molecule has 0 unspecified atom stereocenters. The van der Waals surface area contributed by atoms with Crippen LogP contribution in [0.25, 0.3) is 0 Å². The first kappa shape index (κ1) is 13.7. The third kappa shape index (κ3) is 8.32. The zero-order valence-electron chi connectivity index (χ0n) is 7.39. The van der Waals surface area contributed by atoms with Gasteiger partial charge in [-0.25, -0.2) is 0 Å². The molecule has 0 heterocycles. The van der Waals surface area contributed by atoms with Gasteiger partial charge in [-0.1, -0.05) is 0 Å². The maximum absolute atomic E-state index is 11.1. The van der Waals surface area contributed by atoms with E-state index >= 15 is 0 Å². The van der Waals surface area contributed by atoms with Gasteiger partial charge in [0.1, 0.15) is 0 Å². The van der Waals surface area contributed by atoms with E-state index in [-0.39, 0.29) is 23.7 Å². The average molecular weight is 326 g/mol. The maximum atomic E-state index is 11.1. The molecular formula is C5H11Ge2NO6. The molecule has 0 fully saturated rings. The summed E-state index contributed by atoms with van der Waals surface area (Å²) in [5.74, 6) is 0. The monoisotopic (exact) mass is 329 g/mol. The van der Waals surface area contributed by atoms with E-state index in [1.165, 1.54) is 0 Å². The number of hydrogen-bond donors (Lipinski definition) is 2. The van der Waals surface area contributed by atoms with Crippen LogP contribution >= 0.6 is 0 Å². The molecule has 7 nitrogen and oxygen atoms in total. The van der Waals surface area contributed by atoms with Gasteiger partial charge < -0.3 is 0 Å². The second-order valence-corrected chi connectivity index (χ2v) is 10.1. The van der Waals surface area contributed by atoms with Gasteiger partial charge in [0.2, 0.25) is 0 Å². The molecule has 0 spiro atoms. The number of primary amides is 1. The minimum absolute atomic E-state index is 0.0626. The molecule has 0 saturated carbocycles. The third-order valence-corrected chi connectivity index (χ3v) is 9.62. The predicted molar refractivity (Wildman–Crippen MR) is 46.2 cm³/mol. The predicted octanol–water partition coefficient (Wildman–Crippen LogP) is -1.07. The van der Waals surface area contributed by atoms with Crippen molar-refractivity contribution in [3.8, 4) is 0 Å². The van der Waals surface area contributed by atoms with E-state index in [2.05, 4.69) is 10.5 Å². The summed E-state index contributed by atoms with van der Waals surface area (Å²) in [6.07, 6.45) is -0.940. The molecule has 0 aromatic heterocycles. The normalized spacial score (nSPS) is 9.21. The Bertz CT molecular complexity index is 232. The van der Waals surface area contributed by atoms with Crippen LogP contribution in [0.3, 0.4) is 0 Å². The molecule has 0 aromatic carbocycles. The number of ether oxygens (including phenoxy) is 1. The summed E-state index contributed by atoms with van der Waals surface area (Å²) in [5, 5.41) is 8.52. The van der Waals surface area contributed by atoms with E-state index in [1.807, 2.05) is 0 Å². The number of amides is 1. The zero-order valence-corrected chi connectivity index (χ0v) is 11.6. The SMILES string of the molecule is NC(=O)OC[CH2][Ge](=[O])[O][Ge](=[O])[CH2]CO. The van der Waals surface area contributed by atoms with Crippen LogP contribution in [0.4, 0.5) is 4.79 Å². The van der Waals surface area contributed by atoms with Crippen molar-refractivity contribution in [3.05, 3.63) is 0 Å². The van der Waals surface area contributed by atoms with Gasteiger partial charge in [0.15, 0.2) is 0 Å². The van der Waals surface area contributed by atoms with Crippen molar-refractivity contribution in [2.45, 2.75) is 10.5 Å². The van der Waals surface area contributed by atoms with Crippen molar-refractivity contribution >= 4 is 35.3 Å². The first-order chi connectivity index (χ1) is 6.56. The summed E-state index contributed by atoms with van der Waals surface area (Å²) in [5.41, 5.74) is 4.66. The molecule has 0 rings (SSSR count). The van der Waals surface area contributed by atoms with Crippen molar-refractivity contribution in [1.29, 1.82) is 0 Å². The average Bonchev–Trinajstić information content (AvgIpc) is 2.03. The Morgan fingerprint density at radius 3 is 2.36 bits per heavy atom. The molecule has 0 aliphatic carbocycles. The Kier molecular flexibility index (Phi) is 7.90. The van der Waals surface area contributed by atoms with Crippen molar-refractivity contribution in [2.75, 3.05) is 13.2 Å². The Labute approximate surface area is 89.9 Å². The summed E-state index contributed by atoms with van der Waals surface area (Å²) < 4.78 is 31.0. The van der Waals surface area contributed by atoms with E-state index in [0.717, 1.165) is 0 Å². The van der Waals surface area contributed by atoms with Crippen LogP contribution in [0.15, 0.2) is 0 Å². The van der Waals surface area contributed by atoms with E-state index in [0.29, 0.717) is 0 Å². The van der Waals surface area contributed by atoms with Gasteiger partial charge in [-0.15, -0.1) is 0 Å². The molecule has 0 aromatic rings. The van der Waals surface area contributed by atoms with Crippen LogP contribution in [-0.4, -0.2) is 53.7 Å². The van der Waals surface area contributed by atoms with Crippen LogP contribution in [0.1, 0.15) is 0 Å². The fourth-order valence-electron chi connectivity index (χ4n) is 0.555. The number of nitrogens with two attached hydrogens (primary N) is 1. The molecular weight excluding hydrogens is 315 g/mol. The first-order valence-electron chi connectivity index (χ1n) is 3.83. The minimum atomic E-state index is -3.04. The van der Waals surface area contributed by atoms with Crippen LogP contribution < -0.4 is 5.73 Å². The van der Waals surface area contributed by atoms with Crippen molar-refractivity contribution < 1.29 is 25.0 Å². The van der Waals surface area contributed by atoms with Crippen molar-refractivity contribution in [1.82, 2.24) is 0 Å². The fraction of sp³-hybridized carbons (Fsp3) is 0.800. The van der Waals surface area contributed by atoms with Crippen molar-refractivity contribution in [3.63, 3.8) is 0 Å². The molecule has 0 saturated heterocycles. The first-order valence-corrected chi connectivity index (χ1v) is 10.2. The second-order valence-electron chi connectivity index (χ2n) is 2.24. The summed E-state index contributed by atoms with van der Waals surface area (Å²) in [4.78, 5) is 10.1. The molecule has 3 N–H and O–H groups in total. The molecule has 1 amide bonds. The van der Waals surface area contributed by atoms with Gasteiger partial charge in [0.25, 0.3) is 0 Å². The topological polar surface area (TPSA) is 116 Å². The Hall–Kier alpha value is -0.284. The number of aliphatic hydroxyl groups excluding tert-OH is 1. The van der Waals surface area contributed by atoms with E-state index < -0.39 is 35.3 Å². The Balaban J connectivity index is 3.55. The molecule has 9 heteroatoms. The summed E-state index contributed by atoms with van der Waals surface area (Å²) in [7, 11) is 0. The standard InChI is InChI=1S/C5H11Ge2NO6/c8-5(10)13-4-2-7(12)14-6(11)1-3-9/h9H,1-4H2,(H2,8,10). The zero-order chi connectivity index (χ0) is 11.0.